The van der Waals surface area contributed by atoms with E-state index in [1.54, 1.807) is 0 Å². The number of nitrogens with one attached hydrogen (secondary N) is 1. The van der Waals surface area contributed by atoms with E-state index in [-0.39, 0.29) is 24.4 Å². The van der Waals surface area contributed by atoms with Gasteiger partial charge in [0.25, 0.3) is 0 Å². The normalized spacial score (nSPS) is 27.4. The Morgan fingerprint density at radius 2 is 2.00 bits per heavy atom. The number of hydrogen-bond donors (Lipinski definition) is 1. The first kappa shape index (κ1) is 14.0. The second-order valence-corrected chi connectivity index (χ2v) is 4.06. The number of halogens is 4. The summed E-state index contributed by atoms with van der Waals surface area (Å²) in [6.45, 7) is 2.96. The van der Waals surface area contributed by atoms with Gasteiger partial charge in [0.2, 0.25) is 0 Å². The van der Waals surface area contributed by atoms with Gasteiger partial charge >= 0.3 is 6.18 Å². The van der Waals surface area contributed by atoms with Gasteiger partial charge in [-0.05, 0) is 39.2 Å². The first-order valence-electron chi connectivity index (χ1n) is 4.73. The molecule has 0 aromatic heterocycles. The lowest BCUT2D eigenvalue weighted by Gasteiger charge is -2.24. The van der Waals surface area contributed by atoms with E-state index in [1.165, 1.54) is 0 Å². The monoisotopic (exact) mass is 231 g/mol. The SMILES string of the molecule is CC1(CCCC(F)(F)F)CCCN1.Cl. The van der Waals surface area contributed by atoms with Gasteiger partial charge in [-0.2, -0.15) is 13.2 Å². The van der Waals surface area contributed by atoms with Crippen molar-refractivity contribution in [3.8, 4) is 0 Å². The topological polar surface area (TPSA) is 12.0 Å². The molecule has 14 heavy (non-hydrogen) atoms. The third kappa shape index (κ3) is 5.05. The van der Waals surface area contributed by atoms with Crippen LogP contribution in [0.3, 0.4) is 0 Å². The maximum Gasteiger partial charge on any atom is 0.389 e. The zero-order chi connectivity index (χ0) is 9.95. The van der Waals surface area contributed by atoms with Crippen LogP contribution in [0, 0.1) is 0 Å². The van der Waals surface area contributed by atoms with E-state index in [0.29, 0.717) is 6.42 Å². The van der Waals surface area contributed by atoms with Crippen molar-refractivity contribution in [1.29, 1.82) is 0 Å². The average molecular weight is 232 g/mol. The van der Waals surface area contributed by atoms with Crippen molar-refractivity contribution in [2.24, 2.45) is 0 Å². The molecule has 1 saturated heterocycles. The van der Waals surface area contributed by atoms with Gasteiger partial charge in [-0.15, -0.1) is 12.4 Å². The lowest BCUT2D eigenvalue weighted by molar-refractivity contribution is -0.136. The van der Waals surface area contributed by atoms with E-state index in [4.69, 9.17) is 0 Å². The summed E-state index contributed by atoms with van der Waals surface area (Å²) >= 11 is 0. The van der Waals surface area contributed by atoms with E-state index in [0.717, 1.165) is 19.4 Å². The Bertz CT molecular complexity index is 164. The molecule has 1 unspecified atom stereocenters. The van der Waals surface area contributed by atoms with Crippen LogP contribution in [0.4, 0.5) is 13.2 Å². The molecule has 0 aromatic carbocycles. The molecule has 0 saturated carbocycles. The van der Waals surface area contributed by atoms with Crippen LogP contribution in [0.2, 0.25) is 0 Å². The number of hydrogen-bond acceptors (Lipinski definition) is 1. The Hall–Kier alpha value is 0.0400. The molecule has 1 N–H and O–H groups in total. The molecule has 0 aliphatic carbocycles. The fraction of sp³-hybridized carbons (Fsp3) is 1.00. The first-order chi connectivity index (χ1) is 5.91. The van der Waals surface area contributed by atoms with Gasteiger partial charge in [-0.25, -0.2) is 0 Å². The highest BCUT2D eigenvalue weighted by atomic mass is 35.5. The lowest BCUT2D eigenvalue weighted by atomic mass is 9.93. The fourth-order valence-corrected chi connectivity index (χ4v) is 1.85. The molecule has 86 valence electrons. The molecule has 1 fully saturated rings. The molecule has 1 atom stereocenters. The molecular weight excluding hydrogens is 215 g/mol. The van der Waals surface area contributed by atoms with Crippen LogP contribution in [0.1, 0.15) is 39.0 Å². The fourth-order valence-electron chi connectivity index (χ4n) is 1.85. The predicted molar refractivity (Wildman–Crippen MR) is 52.8 cm³/mol. The second-order valence-electron chi connectivity index (χ2n) is 4.06. The minimum atomic E-state index is -3.99. The van der Waals surface area contributed by atoms with Gasteiger partial charge in [0.1, 0.15) is 0 Å². The first-order valence-corrected chi connectivity index (χ1v) is 4.73. The summed E-state index contributed by atoms with van der Waals surface area (Å²) in [5, 5.41) is 3.25. The Labute approximate surface area is 88.9 Å². The Morgan fingerprint density at radius 1 is 1.36 bits per heavy atom. The van der Waals surface area contributed by atoms with Crippen LogP contribution in [0.15, 0.2) is 0 Å². The Kier molecular flexibility index (Phi) is 5.23. The van der Waals surface area contributed by atoms with Crippen LogP contribution < -0.4 is 5.32 Å². The van der Waals surface area contributed by atoms with Crippen LogP contribution in [0.25, 0.3) is 0 Å². The van der Waals surface area contributed by atoms with Crippen molar-refractivity contribution in [1.82, 2.24) is 5.32 Å². The largest absolute Gasteiger partial charge is 0.389 e. The molecule has 5 heteroatoms. The molecule has 0 aromatic rings. The van der Waals surface area contributed by atoms with E-state index < -0.39 is 12.6 Å². The molecule has 1 rings (SSSR count). The number of rotatable bonds is 3. The van der Waals surface area contributed by atoms with E-state index >= 15 is 0 Å². The van der Waals surface area contributed by atoms with Gasteiger partial charge in [0.15, 0.2) is 0 Å². The molecule has 1 aliphatic rings. The summed E-state index contributed by atoms with van der Waals surface area (Å²) in [5.41, 5.74) is -0.0365. The maximum atomic E-state index is 11.8. The zero-order valence-corrected chi connectivity index (χ0v) is 9.10. The molecular formula is C9H17ClF3N. The minimum absolute atomic E-state index is 0. The van der Waals surface area contributed by atoms with Crippen LogP contribution in [0.5, 0.6) is 0 Å². The maximum absolute atomic E-state index is 11.8. The third-order valence-corrected chi connectivity index (χ3v) is 2.65. The Balaban J connectivity index is 0.00000169. The molecule has 1 heterocycles. The smallest absolute Gasteiger partial charge is 0.312 e. The molecule has 0 amide bonds. The van der Waals surface area contributed by atoms with Crippen LogP contribution in [-0.4, -0.2) is 18.3 Å². The van der Waals surface area contributed by atoms with E-state index in [2.05, 4.69) is 5.32 Å². The van der Waals surface area contributed by atoms with Gasteiger partial charge < -0.3 is 5.32 Å². The standard InChI is InChI=1S/C9H16F3N.ClH/c1-8(5-3-7-13-8)4-2-6-9(10,11)12;/h13H,2-7H2,1H3;1H. The minimum Gasteiger partial charge on any atom is -0.312 e. The second kappa shape index (κ2) is 5.21. The quantitative estimate of drug-likeness (QED) is 0.786. The zero-order valence-electron chi connectivity index (χ0n) is 8.28. The summed E-state index contributed by atoms with van der Waals surface area (Å²) in [5.74, 6) is 0. The van der Waals surface area contributed by atoms with Gasteiger partial charge in [0, 0.05) is 12.0 Å². The van der Waals surface area contributed by atoms with Gasteiger partial charge in [0.05, 0.1) is 0 Å². The highest BCUT2D eigenvalue weighted by molar-refractivity contribution is 5.85. The van der Waals surface area contributed by atoms with Crippen molar-refractivity contribution in [3.63, 3.8) is 0 Å². The van der Waals surface area contributed by atoms with E-state index in [9.17, 15) is 13.2 Å². The third-order valence-electron chi connectivity index (χ3n) is 2.65. The summed E-state index contributed by atoms with van der Waals surface area (Å²) in [7, 11) is 0. The molecule has 1 aliphatic heterocycles. The molecule has 1 nitrogen and oxygen atoms in total. The molecule has 0 bridgehead atoms. The van der Waals surface area contributed by atoms with Crippen molar-refractivity contribution < 1.29 is 13.2 Å². The van der Waals surface area contributed by atoms with Crippen LogP contribution >= 0.6 is 12.4 Å². The van der Waals surface area contributed by atoms with Gasteiger partial charge in [-0.1, -0.05) is 0 Å². The summed E-state index contributed by atoms with van der Waals surface area (Å²) in [4.78, 5) is 0. The molecule has 0 radical (unpaired) electrons. The van der Waals surface area contributed by atoms with Crippen molar-refractivity contribution in [3.05, 3.63) is 0 Å². The van der Waals surface area contributed by atoms with Crippen molar-refractivity contribution in [2.45, 2.75) is 50.7 Å². The predicted octanol–water partition coefficient (Wildman–Crippen LogP) is 3.28. The lowest BCUT2D eigenvalue weighted by Crippen LogP contribution is -2.36. The van der Waals surface area contributed by atoms with Crippen LogP contribution in [-0.2, 0) is 0 Å². The summed E-state index contributed by atoms with van der Waals surface area (Å²) < 4.78 is 35.5. The molecule has 0 spiro atoms. The van der Waals surface area contributed by atoms with Crippen molar-refractivity contribution in [2.75, 3.05) is 6.54 Å². The highest BCUT2D eigenvalue weighted by Gasteiger charge is 2.31. The summed E-state index contributed by atoms with van der Waals surface area (Å²) in [6, 6.07) is 0. The highest BCUT2D eigenvalue weighted by Crippen LogP contribution is 2.28. The Morgan fingerprint density at radius 3 is 2.43 bits per heavy atom. The summed E-state index contributed by atoms with van der Waals surface area (Å²) in [6.07, 6.45) is -1.67. The average Bonchev–Trinajstić information content (AvgIpc) is 2.33. The number of alkyl halides is 3. The van der Waals surface area contributed by atoms with E-state index in [1.807, 2.05) is 6.92 Å². The van der Waals surface area contributed by atoms with Gasteiger partial charge in [-0.3, -0.25) is 0 Å². The van der Waals surface area contributed by atoms with Crippen molar-refractivity contribution >= 4 is 12.4 Å².